The van der Waals surface area contributed by atoms with Gasteiger partial charge in [-0.15, -0.1) is 11.3 Å². The number of carbonyl (C=O) groups excluding carboxylic acids is 1. The monoisotopic (exact) mass is 385 g/mol. The first kappa shape index (κ1) is 18.4. The van der Waals surface area contributed by atoms with Crippen LogP contribution in [0.25, 0.3) is 0 Å². The highest BCUT2D eigenvalue weighted by atomic mass is 32.1. The second kappa shape index (κ2) is 8.40. The Balaban J connectivity index is 1.30. The molecular formula is C21H27N3O2S. The molecule has 1 aliphatic carbocycles. The number of rotatable bonds is 5. The lowest BCUT2D eigenvalue weighted by molar-refractivity contribution is 0.0629. The molecule has 0 spiro atoms. The summed E-state index contributed by atoms with van der Waals surface area (Å²) in [6, 6.07) is 7.41. The molecule has 0 radical (unpaired) electrons. The van der Waals surface area contributed by atoms with Gasteiger partial charge in [-0.05, 0) is 31.0 Å². The number of hydrogen-bond donors (Lipinski definition) is 0. The van der Waals surface area contributed by atoms with Crippen molar-refractivity contribution in [2.45, 2.75) is 38.1 Å². The SMILES string of the molecule is COc1cccc(C(=O)N2CCN(Cc3cnc(C4CCCC4)s3)CC2)c1. The lowest BCUT2D eigenvalue weighted by Gasteiger charge is -2.34. The van der Waals surface area contributed by atoms with E-state index in [-0.39, 0.29) is 5.91 Å². The Bertz CT molecular complexity index is 777. The van der Waals surface area contributed by atoms with Crippen LogP contribution in [-0.2, 0) is 6.54 Å². The van der Waals surface area contributed by atoms with Crippen LogP contribution in [0, 0.1) is 0 Å². The molecule has 0 bridgehead atoms. The van der Waals surface area contributed by atoms with Crippen molar-refractivity contribution in [2.24, 2.45) is 0 Å². The molecular weight excluding hydrogens is 358 g/mol. The van der Waals surface area contributed by atoms with Crippen molar-refractivity contribution in [3.05, 3.63) is 45.9 Å². The fraction of sp³-hybridized carbons (Fsp3) is 0.524. The first-order valence-electron chi connectivity index (χ1n) is 9.83. The van der Waals surface area contributed by atoms with E-state index < -0.39 is 0 Å². The molecule has 0 unspecified atom stereocenters. The fourth-order valence-corrected chi connectivity index (χ4v) is 5.15. The van der Waals surface area contributed by atoms with Crippen molar-refractivity contribution in [1.29, 1.82) is 0 Å². The van der Waals surface area contributed by atoms with E-state index in [0.717, 1.165) is 38.5 Å². The minimum absolute atomic E-state index is 0.0925. The second-order valence-electron chi connectivity index (χ2n) is 7.45. The zero-order valence-corrected chi connectivity index (χ0v) is 16.7. The van der Waals surface area contributed by atoms with Gasteiger partial charge in [-0.25, -0.2) is 4.98 Å². The van der Waals surface area contributed by atoms with E-state index >= 15 is 0 Å². The zero-order valence-electron chi connectivity index (χ0n) is 15.9. The van der Waals surface area contributed by atoms with Crippen molar-refractivity contribution in [3.8, 4) is 5.75 Å². The molecule has 2 aliphatic rings. The Hall–Kier alpha value is -1.92. The topological polar surface area (TPSA) is 45.7 Å². The summed E-state index contributed by atoms with van der Waals surface area (Å²) >= 11 is 1.88. The lowest BCUT2D eigenvalue weighted by atomic mass is 10.1. The molecule has 1 amide bonds. The first-order valence-corrected chi connectivity index (χ1v) is 10.6. The molecule has 1 saturated carbocycles. The number of thiazole rings is 1. The third-order valence-electron chi connectivity index (χ3n) is 5.63. The number of piperazine rings is 1. The average Bonchev–Trinajstić information content (AvgIpc) is 3.40. The number of methoxy groups -OCH3 is 1. The van der Waals surface area contributed by atoms with Gasteiger partial charge in [-0.1, -0.05) is 18.9 Å². The number of aromatic nitrogens is 1. The van der Waals surface area contributed by atoms with Gasteiger partial charge >= 0.3 is 0 Å². The Morgan fingerprint density at radius 3 is 2.74 bits per heavy atom. The summed E-state index contributed by atoms with van der Waals surface area (Å²) in [5.74, 6) is 1.51. The average molecular weight is 386 g/mol. The molecule has 5 nitrogen and oxygen atoms in total. The molecule has 1 saturated heterocycles. The molecule has 2 aromatic rings. The molecule has 1 aromatic carbocycles. The number of nitrogens with zero attached hydrogens (tertiary/aromatic N) is 3. The van der Waals surface area contributed by atoms with Crippen LogP contribution in [0.4, 0.5) is 0 Å². The smallest absolute Gasteiger partial charge is 0.254 e. The third kappa shape index (κ3) is 4.33. The fourth-order valence-electron chi connectivity index (χ4n) is 4.03. The highest BCUT2D eigenvalue weighted by Gasteiger charge is 2.24. The van der Waals surface area contributed by atoms with Gasteiger partial charge < -0.3 is 9.64 Å². The van der Waals surface area contributed by atoms with Gasteiger partial charge in [-0.3, -0.25) is 9.69 Å². The van der Waals surface area contributed by atoms with E-state index in [0.29, 0.717) is 11.5 Å². The first-order chi connectivity index (χ1) is 13.2. The van der Waals surface area contributed by atoms with Crippen LogP contribution >= 0.6 is 11.3 Å². The van der Waals surface area contributed by atoms with Crippen molar-refractivity contribution < 1.29 is 9.53 Å². The maximum absolute atomic E-state index is 12.7. The number of carbonyl (C=O) groups is 1. The predicted octanol–water partition coefficient (Wildman–Crippen LogP) is 3.77. The maximum Gasteiger partial charge on any atom is 0.254 e. The molecule has 6 heteroatoms. The lowest BCUT2D eigenvalue weighted by Crippen LogP contribution is -2.48. The summed E-state index contributed by atoms with van der Waals surface area (Å²) in [6.45, 7) is 4.30. The number of hydrogen-bond acceptors (Lipinski definition) is 5. The summed E-state index contributed by atoms with van der Waals surface area (Å²) < 4.78 is 5.23. The predicted molar refractivity (Wildman–Crippen MR) is 107 cm³/mol. The molecule has 27 heavy (non-hydrogen) atoms. The normalized spacial score (nSPS) is 18.8. The highest BCUT2D eigenvalue weighted by Crippen LogP contribution is 2.36. The van der Waals surface area contributed by atoms with E-state index in [4.69, 9.17) is 4.74 Å². The summed E-state index contributed by atoms with van der Waals surface area (Å²) in [4.78, 5) is 23.1. The van der Waals surface area contributed by atoms with Crippen molar-refractivity contribution in [3.63, 3.8) is 0 Å². The minimum atomic E-state index is 0.0925. The molecule has 144 valence electrons. The molecule has 0 atom stereocenters. The summed E-state index contributed by atoms with van der Waals surface area (Å²) in [6.07, 6.45) is 7.37. The van der Waals surface area contributed by atoms with E-state index in [1.807, 2.05) is 40.5 Å². The van der Waals surface area contributed by atoms with Crippen LogP contribution in [0.2, 0.25) is 0 Å². The number of benzene rings is 1. The summed E-state index contributed by atoms with van der Waals surface area (Å²) in [7, 11) is 1.62. The quantitative estimate of drug-likeness (QED) is 0.786. The van der Waals surface area contributed by atoms with Gasteiger partial charge in [-0.2, -0.15) is 0 Å². The van der Waals surface area contributed by atoms with Crippen molar-refractivity contribution in [1.82, 2.24) is 14.8 Å². The van der Waals surface area contributed by atoms with Gasteiger partial charge in [0.15, 0.2) is 0 Å². The van der Waals surface area contributed by atoms with Gasteiger partial charge in [0.25, 0.3) is 5.91 Å². The summed E-state index contributed by atoms with van der Waals surface area (Å²) in [5, 5.41) is 1.33. The Labute approximate surface area is 165 Å². The Morgan fingerprint density at radius 2 is 2.00 bits per heavy atom. The molecule has 4 rings (SSSR count). The molecule has 2 fully saturated rings. The summed E-state index contributed by atoms with van der Waals surface area (Å²) in [5.41, 5.74) is 0.700. The maximum atomic E-state index is 12.7. The molecule has 2 heterocycles. The van der Waals surface area contributed by atoms with Crippen LogP contribution in [0.1, 0.15) is 51.8 Å². The number of amides is 1. The Kier molecular flexibility index (Phi) is 5.74. The van der Waals surface area contributed by atoms with E-state index in [1.165, 1.54) is 35.6 Å². The van der Waals surface area contributed by atoms with Crippen LogP contribution in [0.5, 0.6) is 5.75 Å². The van der Waals surface area contributed by atoms with Crippen LogP contribution in [0.15, 0.2) is 30.5 Å². The molecule has 0 N–H and O–H groups in total. The second-order valence-corrected chi connectivity index (χ2v) is 8.59. The standard InChI is InChI=1S/C21H27N3O2S/c1-26-18-8-4-7-17(13-18)21(25)24-11-9-23(10-12-24)15-19-14-22-20(27-19)16-5-2-3-6-16/h4,7-8,13-14,16H,2-3,5-6,9-12,15H2,1H3. The van der Waals surface area contributed by atoms with Gasteiger partial charge in [0.2, 0.25) is 0 Å². The van der Waals surface area contributed by atoms with Gasteiger partial charge in [0.05, 0.1) is 12.1 Å². The van der Waals surface area contributed by atoms with Crippen molar-refractivity contribution in [2.75, 3.05) is 33.3 Å². The van der Waals surface area contributed by atoms with Crippen LogP contribution in [-0.4, -0.2) is 54.0 Å². The Morgan fingerprint density at radius 1 is 1.22 bits per heavy atom. The van der Waals surface area contributed by atoms with Crippen molar-refractivity contribution >= 4 is 17.2 Å². The molecule has 1 aromatic heterocycles. The third-order valence-corrected chi connectivity index (χ3v) is 6.78. The van der Waals surface area contributed by atoms with E-state index in [2.05, 4.69) is 16.1 Å². The van der Waals surface area contributed by atoms with Crippen LogP contribution in [0.3, 0.4) is 0 Å². The van der Waals surface area contributed by atoms with Gasteiger partial charge in [0.1, 0.15) is 5.75 Å². The van der Waals surface area contributed by atoms with E-state index in [1.54, 1.807) is 7.11 Å². The molecule has 1 aliphatic heterocycles. The van der Waals surface area contributed by atoms with Gasteiger partial charge in [0, 0.05) is 55.3 Å². The van der Waals surface area contributed by atoms with Crippen LogP contribution < -0.4 is 4.74 Å². The largest absolute Gasteiger partial charge is 0.497 e. The minimum Gasteiger partial charge on any atom is -0.497 e. The zero-order chi connectivity index (χ0) is 18.6. The highest BCUT2D eigenvalue weighted by molar-refractivity contribution is 7.11. The number of ether oxygens (including phenoxy) is 1. The van der Waals surface area contributed by atoms with E-state index in [9.17, 15) is 4.79 Å².